The number of nitrogens with zero attached hydrogens (tertiary/aromatic N) is 2. The van der Waals surface area contributed by atoms with E-state index in [1.165, 1.54) is 23.3 Å². The lowest BCUT2D eigenvalue weighted by atomic mass is 9.92. The second-order valence-electron chi connectivity index (χ2n) is 8.54. The molecule has 8 nitrogen and oxygen atoms in total. The topological polar surface area (TPSA) is 93.9 Å². The van der Waals surface area contributed by atoms with Crippen molar-refractivity contribution in [3.05, 3.63) is 93.0 Å². The lowest BCUT2D eigenvalue weighted by Gasteiger charge is -2.35. The zero-order valence-electron chi connectivity index (χ0n) is 20.1. The lowest BCUT2D eigenvalue weighted by Crippen LogP contribution is -2.35. The molecular weight excluding hydrogens is 446 g/mol. The normalized spacial score (nSPS) is 15.2. The van der Waals surface area contributed by atoms with Gasteiger partial charge in [-0.3, -0.25) is 19.8 Å². The highest BCUT2D eigenvalue weighted by Gasteiger charge is 2.25. The third kappa shape index (κ3) is 5.27. The van der Waals surface area contributed by atoms with E-state index in [0.717, 1.165) is 43.0 Å². The number of rotatable bonds is 8. The summed E-state index contributed by atoms with van der Waals surface area (Å²) in [4.78, 5) is 25.6. The van der Waals surface area contributed by atoms with Crippen LogP contribution >= 0.6 is 0 Å². The molecule has 0 saturated carbocycles. The zero-order valence-corrected chi connectivity index (χ0v) is 20.1. The number of carbonyl (C=O) groups excluding carboxylic acids is 1. The molecule has 1 unspecified atom stereocenters. The number of anilines is 1. The first kappa shape index (κ1) is 24.2. The van der Waals surface area contributed by atoms with Crippen LogP contribution in [0.25, 0.3) is 0 Å². The Morgan fingerprint density at radius 2 is 1.77 bits per heavy atom. The molecular formula is C27H29N3O5. The minimum absolute atomic E-state index is 0.0372. The number of hydrogen-bond donors (Lipinski definition) is 1. The Kier molecular flexibility index (Phi) is 7.31. The van der Waals surface area contributed by atoms with E-state index in [2.05, 4.69) is 29.3 Å². The highest BCUT2D eigenvalue weighted by Crippen LogP contribution is 2.37. The maximum Gasteiger partial charge on any atom is 0.282 e. The Morgan fingerprint density at radius 1 is 1.09 bits per heavy atom. The van der Waals surface area contributed by atoms with Crippen LogP contribution in [0.15, 0.2) is 60.7 Å². The molecule has 0 aromatic heterocycles. The van der Waals surface area contributed by atoms with E-state index in [-0.39, 0.29) is 17.3 Å². The number of fused-ring (bicyclic) bond motifs is 1. The van der Waals surface area contributed by atoms with E-state index < -0.39 is 10.8 Å². The summed E-state index contributed by atoms with van der Waals surface area (Å²) in [6, 6.07) is 18.0. The van der Waals surface area contributed by atoms with Crippen LogP contribution < -0.4 is 14.8 Å². The van der Waals surface area contributed by atoms with Crippen molar-refractivity contribution in [1.29, 1.82) is 0 Å². The number of methoxy groups -OCH3 is 2. The van der Waals surface area contributed by atoms with Crippen LogP contribution in [-0.4, -0.2) is 43.0 Å². The van der Waals surface area contributed by atoms with Crippen molar-refractivity contribution in [2.24, 2.45) is 0 Å². The second-order valence-corrected chi connectivity index (χ2v) is 8.54. The van der Waals surface area contributed by atoms with Crippen LogP contribution in [0.2, 0.25) is 0 Å². The predicted molar refractivity (Wildman–Crippen MR) is 134 cm³/mol. The number of hydrogen-bond acceptors (Lipinski definition) is 6. The van der Waals surface area contributed by atoms with Gasteiger partial charge in [-0.25, -0.2) is 0 Å². The van der Waals surface area contributed by atoms with Gasteiger partial charge in [0, 0.05) is 30.9 Å². The van der Waals surface area contributed by atoms with Crippen molar-refractivity contribution >= 4 is 17.3 Å². The van der Waals surface area contributed by atoms with Crippen molar-refractivity contribution in [1.82, 2.24) is 4.90 Å². The fourth-order valence-corrected chi connectivity index (χ4v) is 4.55. The third-order valence-corrected chi connectivity index (χ3v) is 6.56. The number of amides is 1. The van der Waals surface area contributed by atoms with Gasteiger partial charge in [0.2, 0.25) is 0 Å². The molecule has 1 aliphatic heterocycles. The molecule has 1 N–H and O–H groups in total. The van der Waals surface area contributed by atoms with E-state index in [4.69, 9.17) is 9.47 Å². The SMILES string of the molecule is COc1cc2c(cc1OC)C(C)N(CCc1ccc(NC(=O)c3ccccc3[N+](=O)[O-])cc1)CC2. The van der Waals surface area contributed by atoms with E-state index >= 15 is 0 Å². The summed E-state index contributed by atoms with van der Waals surface area (Å²) in [5.74, 6) is 1.01. The van der Waals surface area contributed by atoms with Gasteiger partial charge in [0.15, 0.2) is 11.5 Å². The quantitative estimate of drug-likeness (QED) is 0.363. The summed E-state index contributed by atoms with van der Waals surface area (Å²) in [7, 11) is 3.31. The van der Waals surface area contributed by atoms with E-state index in [0.29, 0.717) is 5.69 Å². The first-order chi connectivity index (χ1) is 16.9. The number of ether oxygens (including phenoxy) is 2. The minimum Gasteiger partial charge on any atom is -0.493 e. The number of nitro groups is 1. The fourth-order valence-electron chi connectivity index (χ4n) is 4.55. The fraction of sp³-hybridized carbons (Fsp3) is 0.296. The number of para-hydroxylation sites is 1. The predicted octanol–water partition coefficient (Wildman–Crippen LogP) is 5.03. The Morgan fingerprint density at radius 3 is 2.46 bits per heavy atom. The summed E-state index contributed by atoms with van der Waals surface area (Å²) in [6.07, 6.45) is 1.82. The number of benzene rings is 3. The van der Waals surface area contributed by atoms with Gasteiger partial charge in [-0.05, 0) is 66.8 Å². The summed E-state index contributed by atoms with van der Waals surface area (Å²) >= 11 is 0. The van der Waals surface area contributed by atoms with Crippen molar-refractivity contribution in [2.75, 3.05) is 32.6 Å². The number of nitro benzene ring substituents is 1. The van der Waals surface area contributed by atoms with Gasteiger partial charge < -0.3 is 14.8 Å². The van der Waals surface area contributed by atoms with E-state index in [9.17, 15) is 14.9 Å². The zero-order chi connectivity index (χ0) is 24.9. The Hall–Kier alpha value is -3.91. The Balaban J connectivity index is 1.38. The molecule has 35 heavy (non-hydrogen) atoms. The number of nitrogens with one attached hydrogen (secondary N) is 1. The standard InChI is InChI=1S/C27H29N3O5/c1-18-23-17-26(35-3)25(34-2)16-20(23)13-15-29(18)14-12-19-8-10-21(11-9-19)28-27(31)22-6-4-5-7-24(22)30(32)33/h4-11,16-18H,12-15H2,1-3H3,(H,28,31). The van der Waals surface area contributed by atoms with Gasteiger partial charge in [-0.15, -0.1) is 0 Å². The maximum absolute atomic E-state index is 12.5. The molecule has 0 bridgehead atoms. The molecule has 0 saturated heterocycles. The molecule has 3 aromatic carbocycles. The first-order valence-corrected chi connectivity index (χ1v) is 11.5. The molecule has 1 aliphatic rings. The second kappa shape index (κ2) is 10.6. The minimum atomic E-state index is -0.551. The maximum atomic E-state index is 12.5. The molecule has 1 heterocycles. The van der Waals surface area contributed by atoms with Gasteiger partial charge in [-0.2, -0.15) is 0 Å². The summed E-state index contributed by atoms with van der Waals surface area (Å²) < 4.78 is 10.9. The molecule has 3 aromatic rings. The van der Waals surface area contributed by atoms with Crippen LogP contribution in [0.1, 0.15) is 40.0 Å². The largest absolute Gasteiger partial charge is 0.493 e. The smallest absolute Gasteiger partial charge is 0.282 e. The molecule has 0 aliphatic carbocycles. The molecule has 8 heteroatoms. The van der Waals surface area contributed by atoms with Crippen molar-refractivity contribution in [3.63, 3.8) is 0 Å². The van der Waals surface area contributed by atoms with Gasteiger partial charge in [0.1, 0.15) is 5.56 Å². The van der Waals surface area contributed by atoms with Crippen molar-refractivity contribution in [3.8, 4) is 11.5 Å². The van der Waals surface area contributed by atoms with Crippen LogP contribution in [0.4, 0.5) is 11.4 Å². The van der Waals surface area contributed by atoms with Gasteiger partial charge >= 0.3 is 0 Å². The highest BCUT2D eigenvalue weighted by atomic mass is 16.6. The van der Waals surface area contributed by atoms with Gasteiger partial charge in [0.05, 0.1) is 19.1 Å². The molecule has 0 radical (unpaired) electrons. The highest BCUT2D eigenvalue weighted by molar-refractivity contribution is 6.07. The van der Waals surface area contributed by atoms with E-state index in [1.807, 2.05) is 24.3 Å². The van der Waals surface area contributed by atoms with Crippen molar-refractivity contribution < 1.29 is 19.2 Å². The molecule has 1 amide bonds. The monoisotopic (exact) mass is 475 g/mol. The van der Waals surface area contributed by atoms with Crippen molar-refractivity contribution in [2.45, 2.75) is 25.8 Å². The first-order valence-electron chi connectivity index (χ1n) is 11.5. The van der Waals surface area contributed by atoms with Crippen LogP contribution in [-0.2, 0) is 12.8 Å². The van der Waals surface area contributed by atoms with Crippen LogP contribution in [0.5, 0.6) is 11.5 Å². The molecule has 182 valence electrons. The average molecular weight is 476 g/mol. The summed E-state index contributed by atoms with van der Waals surface area (Å²) in [5.41, 5.74) is 4.13. The molecule has 1 atom stereocenters. The molecule has 0 spiro atoms. The summed E-state index contributed by atoms with van der Waals surface area (Å²) in [6.45, 7) is 4.08. The van der Waals surface area contributed by atoms with Gasteiger partial charge in [-0.1, -0.05) is 24.3 Å². The Labute approximate surface area is 204 Å². The summed E-state index contributed by atoms with van der Waals surface area (Å²) in [5, 5.41) is 13.9. The molecule has 0 fully saturated rings. The third-order valence-electron chi connectivity index (χ3n) is 6.56. The average Bonchev–Trinajstić information content (AvgIpc) is 2.88. The van der Waals surface area contributed by atoms with E-state index in [1.54, 1.807) is 26.4 Å². The van der Waals surface area contributed by atoms with Crippen LogP contribution in [0, 0.1) is 10.1 Å². The van der Waals surface area contributed by atoms with Gasteiger partial charge in [0.25, 0.3) is 11.6 Å². The molecule has 4 rings (SSSR count). The van der Waals surface area contributed by atoms with Crippen LogP contribution in [0.3, 0.4) is 0 Å². The lowest BCUT2D eigenvalue weighted by molar-refractivity contribution is -0.385. The Bertz CT molecular complexity index is 1230. The number of carbonyl (C=O) groups is 1.